The third-order valence-corrected chi connectivity index (χ3v) is 3.43. The predicted molar refractivity (Wildman–Crippen MR) is 76.7 cm³/mol. The summed E-state index contributed by atoms with van der Waals surface area (Å²) in [5.74, 6) is 2.43. The fourth-order valence-corrected chi connectivity index (χ4v) is 2.36. The Morgan fingerprint density at radius 1 is 1.18 bits per heavy atom. The molecule has 1 heteroatoms. The van der Waals surface area contributed by atoms with Gasteiger partial charge in [0.1, 0.15) is 0 Å². The Balaban J connectivity index is 0.000000686. The van der Waals surface area contributed by atoms with Crippen LogP contribution in [-0.4, -0.2) is 18.0 Å². The molecule has 0 radical (unpaired) electrons. The largest absolute Gasteiger partial charge is 0.364 e. The van der Waals surface area contributed by atoms with E-state index in [9.17, 15) is 0 Å². The average molecular weight is 231 g/mol. The standard InChI is InChI=1S/C14H19N.C2H6/c1-4-8-15(9-5-2)12-6-7-13-11(3)14(13)10-12;1-2/h4-7,10-11,13-14H,1-2,8-9H2,3H3;1-2H3. The third-order valence-electron chi connectivity index (χ3n) is 3.43. The Morgan fingerprint density at radius 3 is 2.24 bits per heavy atom. The molecule has 0 aromatic carbocycles. The molecule has 3 atom stereocenters. The molecule has 0 aromatic rings. The van der Waals surface area contributed by atoms with Gasteiger partial charge in [0.2, 0.25) is 0 Å². The summed E-state index contributed by atoms with van der Waals surface area (Å²) in [5, 5.41) is 0. The molecule has 0 spiro atoms. The highest BCUT2D eigenvalue weighted by Crippen LogP contribution is 2.50. The molecular weight excluding hydrogens is 206 g/mol. The summed E-state index contributed by atoms with van der Waals surface area (Å²) in [4.78, 5) is 2.30. The first-order valence-corrected chi connectivity index (χ1v) is 6.64. The van der Waals surface area contributed by atoms with E-state index in [1.165, 1.54) is 5.70 Å². The average Bonchev–Trinajstić information content (AvgIpc) is 3.02. The summed E-state index contributed by atoms with van der Waals surface area (Å²) >= 11 is 0. The van der Waals surface area contributed by atoms with Crippen LogP contribution in [0.1, 0.15) is 20.8 Å². The number of rotatable bonds is 5. The van der Waals surface area contributed by atoms with E-state index in [4.69, 9.17) is 0 Å². The van der Waals surface area contributed by atoms with Crippen LogP contribution >= 0.6 is 0 Å². The molecule has 1 fully saturated rings. The second-order valence-corrected chi connectivity index (χ2v) is 4.45. The zero-order valence-corrected chi connectivity index (χ0v) is 11.4. The maximum Gasteiger partial charge on any atom is 0.0360 e. The zero-order chi connectivity index (χ0) is 12.8. The van der Waals surface area contributed by atoms with Gasteiger partial charge in [-0.15, -0.1) is 13.2 Å². The maximum atomic E-state index is 3.79. The molecular formula is C16H25N. The summed E-state index contributed by atoms with van der Waals surface area (Å²) < 4.78 is 0. The highest BCUT2D eigenvalue weighted by Gasteiger charge is 2.44. The summed E-state index contributed by atoms with van der Waals surface area (Å²) in [7, 11) is 0. The molecule has 1 saturated carbocycles. The van der Waals surface area contributed by atoms with Crippen LogP contribution in [0.3, 0.4) is 0 Å². The summed E-state index contributed by atoms with van der Waals surface area (Å²) in [6, 6.07) is 0. The van der Waals surface area contributed by atoms with E-state index in [2.05, 4.69) is 43.2 Å². The molecule has 94 valence electrons. The van der Waals surface area contributed by atoms with Crippen LogP contribution in [0.15, 0.2) is 49.2 Å². The second-order valence-electron chi connectivity index (χ2n) is 4.45. The molecule has 0 N–H and O–H groups in total. The summed E-state index contributed by atoms with van der Waals surface area (Å²) in [6.07, 6.45) is 10.9. The van der Waals surface area contributed by atoms with E-state index in [1.807, 2.05) is 26.0 Å². The van der Waals surface area contributed by atoms with Crippen molar-refractivity contribution in [1.29, 1.82) is 0 Å². The van der Waals surface area contributed by atoms with Crippen molar-refractivity contribution < 1.29 is 0 Å². The minimum atomic E-state index is 0.780. The van der Waals surface area contributed by atoms with Gasteiger partial charge in [-0.25, -0.2) is 0 Å². The van der Waals surface area contributed by atoms with Crippen molar-refractivity contribution in [2.24, 2.45) is 17.8 Å². The number of nitrogens with zero attached hydrogens (tertiary/aromatic N) is 1. The topological polar surface area (TPSA) is 3.24 Å². The van der Waals surface area contributed by atoms with Gasteiger partial charge >= 0.3 is 0 Å². The predicted octanol–water partition coefficient (Wildman–Crippen LogP) is 4.02. The van der Waals surface area contributed by atoms with Crippen molar-refractivity contribution in [3.8, 4) is 0 Å². The highest BCUT2D eigenvalue weighted by atomic mass is 15.1. The Hall–Kier alpha value is -1.24. The molecule has 0 bridgehead atoms. The van der Waals surface area contributed by atoms with E-state index in [1.54, 1.807) is 0 Å². The molecule has 2 rings (SSSR count). The molecule has 2 aliphatic carbocycles. The number of hydrogen-bond donors (Lipinski definition) is 0. The molecule has 0 heterocycles. The molecule has 17 heavy (non-hydrogen) atoms. The lowest BCUT2D eigenvalue weighted by molar-refractivity contribution is 0.430. The quantitative estimate of drug-likeness (QED) is 0.646. The van der Waals surface area contributed by atoms with Crippen molar-refractivity contribution >= 4 is 0 Å². The third kappa shape index (κ3) is 3.12. The van der Waals surface area contributed by atoms with Crippen molar-refractivity contribution in [3.05, 3.63) is 49.2 Å². The lowest BCUT2D eigenvalue weighted by atomic mass is 10.1. The molecule has 1 nitrogen and oxygen atoms in total. The van der Waals surface area contributed by atoms with Crippen LogP contribution in [0.2, 0.25) is 0 Å². The second kappa shape index (κ2) is 6.48. The molecule has 0 saturated heterocycles. The van der Waals surface area contributed by atoms with Crippen LogP contribution in [0.25, 0.3) is 0 Å². The highest BCUT2D eigenvalue weighted by molar-refractivity contribution is 5.32. The molecule has 2 aliphatic rings. The first kappa shape index (κ1) is 13.8. The van der Waals surface area contributed by atoms with Gasteiger partial charge in [0.25, 0.3) is 0 Å². The Kier molecular flexibility index (Phi) is 5.27. The zero-order valence-electron chi connectivity index (χ0n) is 11.4. The van der Waals surface area contributed by atoms with Gasteiger partial charge < -0.3 is 4.90 Å². The van der Waals surface area contributed by atoms with Gasteiger partial charge in [-0.1, -0.05) is 45.1 Å². The minimum absolute atomic E-state index is 0.780. The Morgan fingerprint density at radius 2 is 1.76 bits per heavy atom. The van der Waals surface area contributed by atoms with Crippen molar-refractivity contribution in [3.63, 3.8) is 0 Å². The molecule has 3 unspecified atom stereocenters. The first-order chi connectivity index (χ1) is 8.27. The van der Waals surface area contributed by atoms with Crippen LogP contribution in [0, 0.1) is 17.8 Å². The van der Waals surface area contributed by atoms with Gasteiger partial charge in [-0.2, -0.15) is 0 Å². The SMILES string of the molecule is C=CCN(CC=C)C1=CC2C(C)C2C=C1.CC. The van der Waals surface area contributed by atoms with Crippen molar-refractivity contribution in [2.75, 3.05) is 13.1 Å². The summed E-state index contributed by atoms with van der Waals surface area (Å²) in [6.45, 7) is 15.7. The van der Waals surface area contributed by atoms with E-state index >= 15 is 0 Å². The van der Waals surface area contributed by atoms with Crippen LogP contribution in [0.4, 0.5) is 0 Å². The first-order valence-electron chi connectivity index (χ1n) is 6.64. The lowest BCUT2D eigenvalue weighted by Crippen LogP contribution is -2.23. The van der Waals surface area contributed by atoms with Crippen molar-refractivity contribution in [2.45, 2.75) is 20.8 Å². The Labute approximate surface area is 106 Å². The number of allylic oxidation sites excluding steroid dienone is 3. The fraction of sp³-hybridized carbons (Fsp3) is 0.500. The van der Waals surface area contributed by atoms with Gasteiger partial charge in [-0.3, -0.25) is 0 Å². The molecule has 0 aliphatic heterocycles. The number of fused-ring (bicyclic) bond motifs is 1. The normalized spacial score (nSPS) is 28.2. The van der Waals surface area contributed by atoms with E-state index in [0.29, 0.717) is 0 Å². The number of hydrogen-bond acceptors (Lipinski definition) is 1. The lowest BCUT2D eigenvalue weighted by Gasteiger charge is -2.24. The molecule has 0 aromatic heterocycles. The van der Waals surface area contributed by atoms with Crippen molar-refractivity contribution in [1.82, 2.24) is 4.90 Å². The maximum absolute atomic E-state index is 3.79. The molecule has 0 amide bonds. The summed E-state index contributed by atoms with van der Waals surface area (Å²) in [5.41, 5.74) is 1.33. The van der Waals surface area contributed by atoms with Crippen LogP contribution in [-0.2, 0) is 0 Å². The van der Waals surface area contributed by atoms with E-state index in [0.717, 1.165) is 30.8 Å². The van der Waals surface area contributed by atoms with Crippen LogP contribution < -0.4 is 0 Å². The van der Waals surface area contributed by atoms with E-state index < -0.39 is 0 Å². The van der Waals surface area contributed by atoms with Gasteiger partial charge in [-0.05, 0) is 23.8 Å². The minimum Gasteiger partial charge on any atom is -0.364 e. The van der Waals surface area contributed by atoms with E-state index in [-0.39, 0.29) is 0 Å². The smallest absolute Gasteiger partial charge is 0.0360 e. The van der Waals surface area contributed by atoms with Crippen LogP contribution in [0.5, 0.6) is 0 Å². The Bertz CT molecular complexity index is 314. The van der Waals surface area contributed by atoms with Gasteiger partial charge in [0, 0.05) is 18.8 Å². The van der Waals surface area contributed by atoms with Gasteiger partial charge in [0.15, 0.2) is 0 Å². The monoisotopic (exact) mass is 231 g/mol. The fourth-order valence-electron chi connectivity index (χ4n) is 2.36. The van der Waals surface area contributed by atoms with Gasteiger partial charge in [0.05, 0.1) is 0 Å².